The fourth-order valence-corrected chi connectivity index (χ4v) is 5.63. The molecular weight excluding hydrogens is 473 g/mol. The van der Waals surface area contributed by atoms with Gasteiger partial charge in [0.25, 0.3) is 0 Å². The second-order valence-corrected chi connectivity index (χ2v) is 9.78. The van der Waals surface area contributed by atoms with Gasteiger partial charge in [-0.15, -0.1) is 0 Å². The van der Waals surface area contributed by atoms with E-state index in [4.69, 9.17) is 16.3 Å². The van der Waals surface area contributed by atoms with Gasteiger partial charge in [-0.3, -0.25) is 0 Å². The highest BCUT2D eigenvalue weighted by Gasteiger charge is 2.41. The van der Waals surface area contributed by atoms with Crippen molar-refractivity contribution < 1.29 is 9.13 Å². The van der Waals surface area contributed by atoms with Crippen LogP contribution in [0, 0.1) is 17.1 Å². The number of H-pyrrole nitrogens is 1. The molecule has 1 atom stereocenters. The smallest absolute Gasteiger partial charge is 0.123 e. The summed E-state index contributed by atoms with van der Waals surface area (Å²) in [5.74, 6) is -0.261. The molecule has 0 amide bonds. The Labute approximate surface area is 216 Å². The molecule has 0 saturated heterocycles. The number of benzene rings is 3. The average molecular weight is 502 g/mol. The van der Waals surface area contributed by atoms with Crippen molar-refractivity contribution in [2.75, 3.05) is 19.6 Å². The first-order valence-electron chi connectivity index (χ1n) is 12.4. The van der Waals surface area contributed by atoms with Crippen LogP contribution < -0.4 is 0 Å². The second-order valence-electron chi connectivity index (χ2n) is 9.37. The van der Waals surface area contributed by atoms with Gasteiger partial charge in [0, 0.05) is 18.1 Å². The van der Waals surface area contributed by atoms with Crippen LogP contribution in [-0.2, 0) is 23.4 Å². The molecule has 1 aliphatic heterocycles. The van der Waals surface area contributed by atoms with Crippen molar-refractivity contribution in [3.8, 4) is 6.07 Å². The first-order chi connectivity index (χ1) is 17.5. The number of fused-ring (bicyclic) bond motifs is 2. The SMILES string of the molecule is CCN(CCCC1(c2ccc(F)cc2)OCc2cc(C#N)ccc21)CCc1c[nH]c2c(Cl)cccc12. The number of halogens is 2. The highest BCUT2D eigenvalue weighted by molar-refractivity contribution is 6.35. The Morgan fingerprint density at radius 3 is 2.75 bits per heavy atom. The molecule has 0 saturated carbocycles. The molecule has 0 fully saturated rings. The number of likely N-dealkylation sites (N-methyl/N-ethyl adjacent to an activating group) is 1. The summed E-state index contributed by atoms with van der Waals surface area (Å²) in [6.07, 6.45) is 4.70. The Morgan fingerprint density at radius 1 is 1.14 bits per heavy atom. The van der Waals surface area contributed by atoms with Crippen molar-refractivity contribution in [2.45, 2.75) is 38.4 Å². The molecule has 5 rings (SSSR count). The van der Waals surface area contributed by atoms with Gasteiger partial charge in [0.1, 0.15) is 11.4 Å². The lowest BCUT2D eigenvalue weighted by Crippen LogP contribution is -2.31. The van der Waals surface area contributed by atoms with E-state index < -0.39 is 5.60 Å². The monoisotopic (exact) mass is 501 g/mol. The highest BCUT2D eigenvalue weighted by Crippen LogP contribution is 2.45. The first-order valence-corrected chi connectivity index (χ1v) is 12.8. The zero-order valence-electron chi connectivity index (χ0n) is 20.4. The third kappa shape index (κ3) is 4.65. The number of aromatic amines is 1. The maximum absolute atomic E-state index is 13.7. The number of hydrogen-bond donors (Lipinski definition) is 1. The molecule has 6 heteroatoms. The molecule has 184 valence electrons. The minimum Gasteiger partial charge on any atom is -0.361 e. The van der Waals surface area contributed by atoms with Crippen molar-refractivity contribution in [3.63, 3.8) is 0 Å². The largest absolute Gasteiger partial charge is 0.361 e. The van der Waals surface area contributed by atoms with E-state index in [1.165, 1.54) is 23.1 Å². The Kier molecular flexibility index (Phi) is 7.11. The molecule has 1 unspecified atom stereocenters. The van der Waals surface area contributed by atoms with Crippen LogP contribution in [0.5, 0.6) is 0 Å². The van der Waals surface area contributed by atoms with Crippen LogP contribution in [0.1, 0.15) is 47.6 Å². The van der Waals surface area contributed by atoms with E-state index in [1.54, 1.807) is 0 Å². The number of hydrogen-bond acceptors (Lipinski definition) is 3. The number of ether oxygens (including phenoxy) is 1. The van der Waals surface area contributed by atoms with E-state index in [9.17, 15) is 9.65 Å². The molecule has 0 bridgehead atoms. The fourth-order valence-electron chi connectivity index (χ4n) is 5.40. The molecule has 0 aliphatic carbocycles. The molecule has 4 aromatic rings. The quantitative estimate of drug-likeness (QED) is 0.270. The van der Waals surface area contributed by atoms with Crippen LogP contribution in [0.25, 0.3) is 10.9 Å². The predicted molar refractivity (Wildman–Crippen MR) is 141 cm³/mol. The van der Waals surface area contributed by atoms with Crippen LogP contribution in [0.2, 0.25) is 5.02 Å². The van der Waals surface area contributed by atoms with Crippen molar-refractivity contribution in [3.05, 3.63) is 106 Å². The van der Waals surface area contributed by atoms with Gasteiger partial charge in [0.05, 0.1) is 28.8 Å². The summed E-state index contributed by atoms with van der Waals surface area (Å²) >= 11 is 6.33. The minimum atomic E-state index is -0.635. The molecule has 36 heavy (non-hydrogen) atoms. The fraction of sp³-hybridized carbons (Fsp3) is 0.300. The molecule has 1 N–H and O–H groups in total. The second kappa shape index (κ2) is 10.4. The maximum atomic E-state index is 13.7. The summed E-state index contributed by atoms with van der Waals surface area (Å²) in [6, 6.07) is 20.6. The number of aromatic nitrogens is 1. The lowest BCUT2D eigenvalue weighted by Gasteiger charge is -2.32. The van der Waals surface area contributed by atoms with Gasteiger partial charge in [0.15, 0.2) is 0 Å². The minimum absolute atomic E-state index is 0.261. The molecular formula is C30H29ClFN3O. The average Bonchev–Trinajstić information content (AvgIpc) is 3.49. The topological polar surface area (TPSA) is 52.0 Å². The molecule has 3 aromatic carbocycles. The molecule has 1 aromatic heterocycles. The van der Waals surface area contributed by atoms with E-state index in [0.717, 1.165) is 66.1 Å². The number of nitrogens with one attached hydrogen (secondary N) is 1. The normalized spacial score (nSPS) is 17.0. The van der Waals surface area contributed by atoms with Crippen LogP contribution in [-0.4, -0.2) is 29.5 Å². The van der Waals surface area contributed by atoms with Gasteiger partial charge in [-0.25, -0.2) is 4.39 Å². The van der Waals surface area contributed by atoms with Crippen LogP contribution >= 0.6 is 11.6 Å². The Morgan fingerprint density at radius 2 is 1.97 bits per heavy atom. The standard InChI is InChI=1S/C30H29ClFN3O/c1-2-35(16-13-22-19-34-29-26(22)5-3-6-28(29)31)15-4-14-30(24-8-10-25(32)11-9-24)27-12-7-21(18-33)17-23(27)20-36-30/h3,5-12,17,19,34H,2,4,13-16,20H2,1H3. The number of rotatable bonds is 9. The molecule has 0 spiro atoms. The maximum Gasteiger partial charge on any atom is 0.123 e. The summed E-state index contributed by atoms with van der Waals surface area (Å²) in [5, 5.41) is 11.2. The van der Waals surface area contributed by atoms with E-state index in [2.05, 4.69) is 35.1 Å². The summed E-state index contributed by atoms with van der Waals surface area (Å²) < 4.78 is 20.2. The number of nitriles is 1. The Hall–Kier alpha value is -3.17. The first kappa shape index (κ1) is 24.5. The number of nitrogens with zero attached hydrogens (tertiary/aromatic N) is 2. The highest BCUT2D eigenvalue weighted by atomic mass is 35.5. The Bertz CT molecular complexity index is 1410. The summed E-state index contributed by atoms with van der Waals surface area (Å²) in [7, 11) is 0. The lowest BCUT2D eigenvalue weighted by atomic mass is 9.81. The van der Waals surface area contributed by atoms with Crippen molar-refractivity contribution in [2.24, 2.45) is 0 Å². The van der Waals surface area contributed by atoms with Gasteiger partial charge in [-0.05, 0) is 84.9 Å². The van der Waals surface area contributed by atoms with E-state index in [1.807, 2.05) is 42.5 Å². The van der Waals surface area contributed by atoms with Crippen LogP contribution in [0.3, 0.4) is 0 Å². The Balaban J connectivity index is 1.30. The zero-order chi connectivity index (χ0) is 25.1. The van der Waals surface area contributed by atoms with Crippen molar-refractivity contribution in [1.29, 1.82) is 5.26 Å². The predicted octanol–water partition coefficient (Wildman–Crippen LogP) is 6.95. The van der Waals surface area contributed by atoms with Crippen molar-refractivity contribution >= 4 is 22.5 Å². The third-order valence-electron chi connectivity index (χ3n) is 7.35. The van der Waals surface area contributed by atoms with Gasteiger partial charge in [-0.1, -0.05) is 48.9 Å². The van der Waals surface area contributed by atoms with Gasteiger partial charge >= 0.3 is 0 Å². The van der Waals surface area contributed by atoms with E-state index >= 15 is 0 Å². The summed E-state index contributed by atoms with van der Waals surface area (Å²) in [6.45, 7) is 5.46. The molecule has 1 aliphatic rings. The van der Waals surface area contributed by atoms with Gasteiger partial charge < -0.3 is 14.6 Å². The van der Waals surface area contributed by atoms with Gasteiger partial charge in [0.2, 0.25) is 0 Å². The molecule has 2 heterocycles. The lowest BCUT2D eigenvalue weighted by molar-refractivity contribution is -0.0145. The zero-order valence-corrected chi connectivity index (χ0v) is 21.1. The van der Waals surface area contributed by atoms with E-state index in [-0.39, 0.29) is 5.82 Å². The van der Waals surface area contributed by atoms with E-state index in [0.29, 0.717) is 12.2 Å². The van der Waals surface area contributed by atoms with Crippen LogP contribution in [0.15, 0.2) is 66.9 Å². The summed E-state index contributed by atoms with van der Waals surface area (Å²) in [5.41, 5.74) is 5.32. The van der Waals surface area contributed by atoms with Gasteiger partial charge in [-0.2, -0.15) is 5.26 Å². The molecule has 0 radical (unpaired) electrons. The van der Waals surface area contributed by atoms with Crippen molar-refractivity contribution in [1.82, 2.24) is 9.88 Å². The van der Waals surface area contributed by atoms with Crippen LogP contribution in [0.4, 0.5) is 4.39 Å². The molecule has 4 nitrogen and oxygen atoms in total. The number of para-hydroxylation sites is 1. The third-order valence-corrected chi connectivity index (χ3v) is 7.67. The summed E-state index contributed by atoms with van der Waals surface area (Å²) in [4.78, 5) is 5.76.